The van der Waals surface area contributed by atoms with Gasteiger partial charge in [0, 0.05) is 32.0 Å². The summed E-state index contributed by atoms with van der Waals surface area (Å²) in [6, 6.07) is 8.18. The summed E-state index contributed by atoms with van der Waals surface area (Å²) in [7, 11) is 0. The largest absolute Gasteiger partial charge is 0.391 e. The van der Waals surface area contributed by atoms with Crippen molar-refractivity contribution in [2.45, 2.75) is 32.3 Å². The molecule has 1 amide bonds. The van der Waals surface area contributed by atoms with E-state index in [4.69, 9.17) is 0 Å². The maximum absolute atomic E-state index is 12.0. The molecule has 0 saturated carbocycles. The van der Waals surface area contributed by atoms with Gasteiger partial charge in [0.2, 0.25) is 5.91 Å². The molecule has 3 N–H and O–H groups in total. The van der Waals surface area contributed by atoms with E-state index in [1.807, 2.05) is 12.1 Å². The van der Waals surface area contributed by atoms with Gasteiger partial charge in [-0.05, 0) is 24.0 Å². The van der Waals surface area contributed by atoms with E-state index < -0.39 is 0 Å². The van der Waals surface area contributed by atoms with Crippen LogP contribution in [0.4, 0.5) is 0 Å². The smallest absolute Gasteiger partial charge is 0.220 e. The Morgan fingerprint density at radius 1 is 1.43 bits per heavy atom. The van der Waals surface area contributed by atoms with Gasteiger partial charge in [-0.3, -0.25) is 4.79 Å². The summed E-state index contributed by atoms with van der Waals surface area (Å²) in [6.07, 6.45) is 0.144. The molecule has 3 atom stereocenters. The number of benzene rings is 1. The van der Waals surface area contributed by atoms with Gasteiger partial charge in [-0.2, -0.15) is 0 Å². The quantitative estimate of drug-likeness (QED) is 0.774. The summed E-state index contributed by atoms with van der Waals surface area (Å²) < 4.78 is 0. The summed E-state index contributed by atoms with van der Waals surface area (Å²) in [6.45, 7) is 6.10. The van der Waals surface area contributed by atoms with Crippen LogP contribution in [0, 0.1) is 12.8 Å². The van der Waals surface area contributed by atoms with Crippen molar-refractivity contribution in [3.05, 3.63) is 35.4 Å². The summed E-state index contributed by atoms with van der Waals surface area (Å²) in [5.41, 5.74) is 2.45. The second kappa shape index (κ2) is 8.37. The summed E-state index contributed by atoms with van der Waals surface area (Å²) in [4.78, 5) is 12.0. The predicted molar refractivity (Wildman–Crippen MR) is 86.8 cm³/mol. The van der Waals surface area contributed by atoms with Crippen LogP contribution in [0.1, 0.15) is 30.4 Å². The van der Waals surface area contributed by atoms with E-state index in [-0.39, 0.29) is 36.3 Å². The lowest BCUT2D eigenvalue weighted by molar-refractivity contribution is -0.121. The fraction of sp³-hybridized carbons (Fsp3) is 0.562. The van der Waals surface area contributed by atoms with Gasteiger partial charge in [-0.15, -0.1) is 12.4 Å². The summed E-state index contributed by atoms with van der Waals surface area (Å²) in [5.74, 6) is 0.399. The first-order valence-electron chi connectivity index (χ1n) is 7.29. The molecule has 0 bridgehead atoms. The number of hydrogen-bond donors (Lipinski definition) is 3. The van der Waals surface area contributed by atoms with Crippen molar-refractivity contribution in [3.8, 4) is 0 Å². The maximum atomic E-state index is 12.0. The van der Waals surface area contributed by atoms with Crippen LogP contribution in [0.5, 0.6) is 0 Å². The van der Waals surface area contributed by atoms with Gasteiger partial charge in [0.15, 0.2) is 0 Å². The molecule has 21 heavy (non-hydrogen) atoms. The average molecular weight is 313 g/mol. The lowest BCUT2D eigenvalue weighted by atomic mass is 9.93. The molecule has 0 spiro atoms. The molecule has 1 saturated heterocycles. The van der Waals surface area contributed by atoms with Gasteiger partial charge < -0.3 is 15.7 Å². The number of nitrogens with one attached hydrogen (secondary N) is 2. The highest BCUT2D eigenvalue weighted by Crippen LogP contribution is 2.22. The van der Waals surface area contributed by atoms with Crippen LogP contribution >= 0.6 is 12.4 Å². The van der Waals surface area contributed by atoms with Gasteiger partial charge in [-0.25, -0.2) is 0 Å². The van der Waals surface area contributed by atoms with Gasteiger partial charge in [0.1, 0.15) is 0 Å². The van der Waals surface area contributed by atoms with E-state index in [2.05, 4.69) is 36.6 Å². The van der Waals surface area contributed by atoms with E-state index in [0.29, 0.717) is 19.5 Å². The number of hydrogen-bond acceptors (Lipinski definition) is 3. The van der Waals surface area contributed by atoms with Crippen LogP contribution in [0.3, 0.4) is 0 Å². The first kappa shape index (κ1) is 18.0. The molecule has 0 aliphatic carbocycles. The van der Waals surface area contributed by atoms with E-state index in [9.17, 15) is 9.90 Å². The van der Waals surface area contributed by atoms with Gasteiger partial charge in [0.05, 0.1) is 6.10 Å². The Bertz CT molecular complexity index is 467. The Morgan fingerprint density at radius 2 is 2.14 bits per heavy atom. The van der Waals surface area contributed by atoms with Crippen LogP contribution in [0.25, 0.3) is 0 Å². The SMILES string of the molecule is Cc1ccccc1C(C)CC(=O)NCC1CNCC1O.Cl. The topological polar surface area (TPSA) is 61.4 Å². The third-order valence-electron chi connectivity index (χ3n) is 4.08. The lowest BCUT2D eigenvalue weighted by Crippen LogP contribution is -2.34. The number of amides is 1. The fourth-order valence-electron chi connectivity index (χ4n) is 2.77. The van der Waals surface area contributed by atoms with Crippen molar-refractivity contribution < 1.29 is 9.90 Å². The Hall–Kier alpha value is -1.10. The molecule has 118 valence electrons. The molecule has 0 radical (unpaired) electrons. The zero-order valence-electron chi connectivity index (χ0n) is 12.6. The van der Waals surface area contributed by atoms with Gasteiger partial charge in [-0.1, -0.05) is 31.2 Å². The molecule has 4 nitrogen and oxygen atoms in total. The minimum Gasteiger partial charge on any atom is -0.391 e. The van der Waals surface area contributed by atoms with E-state index >= 15 is 0 Å². The second-order valence-electron chi connectivity index (χ2n) is 5.75. The number of aliphatic hydroxyl groups is 1. The van der Waals surface area contributed by atoms with Crippen molar-refractivity contribution in [2.24, 2.45) is 5.92 Å². The molecule has 2 rings (SSSR count). The maximum Gasteiger partial charge on any atom is 0.220 e. The molecular formula is C16H25ClN2O2. The number of rotatable bonds is 5. The molecule has 1 fully saturated rings. The number of halogens is 1. The third-order valence-corrected chi connectivity index (χ3v) is 4.08. The molecule has 1 aliphatic heterocycles. The number of carbonyl (C=O) groups excluding carboxylic acids is 1. The van der Waals surface area contributed by atoms with E-state index in [1.165, 1.54) is 11.1 Å². The Labute approximate surface area is 132 Å². The van der Waals surface area contributed by atoms with Crippen LogP contribution in [-0.2, 0) is 4.79 Å². The van der Waals surface area contributed by atoms with Crippen LogP contribution in [0.2, 0.25) is 0 Å². The van der Waals surface area contributed by atoms with E-state index in [0.717, 1.165) is 6.54 Å². The molecule has 1 aliphatic rings. The van der Waals surface area contributed by atoms with Crippen molar-refractivity contribution in [1.82, 2.24) is 10.6 Å². The van der Waals surface area contributed by atoms with Gasteiger partial charge >= 0.3 is 0 Å². The summed E-state index contributed by atoms with van der Waals surface area (Å²) in [5, 5.41) is 15.7. The van der Waals surface area contributed by atoms with E-state index in [1.54, 1.807) is 0 Å². The number of aliphatic hydroxyl groups excluding tert-OH is 1. The number of β-amino-alcohol motifs (C(OH)–C–C–N with tert-alkyl or cyclic N) is 1. The molecular weight excluding hydrogens is 288 g/mol. The van der Waals surface area contributed by atoms with Crippen LogP contribution in [-0.4, -0.2) is 36.8 Å². The highest BCUT2D eigenvalue weighted by atomic mass is 35.5. The van der Waals surface area contributed by atoms with Crippen molar-refractivity contribution >= 4 is 18.3 Å². The second-order valence-corrected chi connectivity index (χ2v) is 5.75. The molecule has 1 heterocycles. The van der Waals surface area contributed by atoms with Crippen LogP contribution < -0.4 is 10.6 Å². The first-order valence-corrected chi connectivity index (χ1v) is 7.29. The zero-order chi connectivity index (χ0) is 14.5. The fourth-order valence-corrected chi connectivity index (χ4v) is 2.77. The highest BCUT2D eigenvalue weighted by molar-refractivity contribution is 5.85. The third kappa shape index (κ3) is 4.99. The Balaban J connectivity index is 0.00000220. The van der Waals surface area contributed by atoms with Crippen molar-refractivity contribution in [2.75, 3.05) is 19.6 Å². The Kier molecular flexibility index (Phi) is 7.15. The number of aryl methyl sites for hydroxylation is 1. The minimum absolute atomic E-state index is 0. The van der Waals surface area contributed by atoms with Crippen molar-refractivity contribution in [1.29, 1.82) is 0 Å². The highest BCUT2D eigenvalue weighted by Gasteiger charge is 2.25. The van der Waals surface area contributed by atoms with Crippen molar-refractivity contribution in [3.63, 3.8) is 0 Å². The van der Waals surface area contributed by atoms with Gasteiger partial charge in [0.25, 0.3) is 0 Å². The monoisotopic (exact) mass is 312 g/mol. The molecule has 1 aromatic carbocycles. The molecule has 1 aromatic rings. The standard InChI is InChI=1S/C16H24N2O2.ClH/c1-11-5-3-4-6-14(11)12(2)7-16(20)18-9-13-8-17-10-15(13)19;/h3-6,12-13,15,17,19H,7-10H2,1-2H3,(H,18,20);1H. The average Bonchev–Trinajstić information content (AvgIpc) is 2.82. The number of carbonyl (C=O) groups is 1. The Morgan fingerprint density at radius 3 is 2.76 bits per heavy atom. The summed E-state index contributed by atoms with van der Waals surface area (Å²) >= 11 is 0. The lowest BCUT2D eigenvalue weighted by Gasteiger charge is -2.17. The predicted octanol–water partition coefficient (Wildman–Crippen LogP) is 1.61. The molecule has 3 unspecified atom stereocenters. The first-order chi connectivity index (χ1) is 9.58. The van der Waals surface area contributed by atoms with Crippen LogP contribution in [0.15, 0.2) is 24.3 Å². The molecule has 0 aromatic heterocycles. The minimum atomic E-state index is -0.343. The zero-order valence-corrected chi connectivity index (χ0v) is 13.5. The normalized spacial score (nSPS) is 22.4. The molecule has 5 heteroatoms.